The second-order valence-electron chi connectivity index (χ2n) is 6.08. The molecule has 5 heteroatoms. The van der Waals surface area contributed by atoms with E-state index in [1.807, 2.05) is 37.0 Å². The first-order valence-electron chi connectivity index (χ1n) is 8.12. The number of nitrogens with zero attached hydrogens (tertiary/aromatic N) is 3. The Hall–Kier alpha value is -2.53. The molecule has 0 N–H and O–H groups in total. The highest BCUT2D eigenvalue weighted by Crippen LogP contribution is 2.36. The van der Waals surface area contributed by atoms with Crippen molar-refractivity contribution in [1.82, 2.24) is 14.8 Å². The molecule has 4 aromatic rings. The molecule has 25 heavy (non-hydrogen) atoms. The number of fused-ring (bicyclic) bond motifs is 1. The van der Waals surface area contributed by atoms with Gasteiger partial charge in [0.2, 0.25) is 0 Å². The molecule has 0 unspecified atom stereocenters. The van der Waals surface area contributed by atoms with Crippen LogP contribution in [0.3, 0.4) is 0 Å². The van der Waals surface area contributed by atoms with Crippen molar-refractivity contribution in [2.45, 2.75) is 18.7 Å². The summed E-state index contributed by atoms with van der Waals surface area (Å²) in [4.78, 5) is 5.73. The highest BCUT2D eigenvalue weighted by molar-refractivity contribution is 7.98. The minimum Gasteiger partial charge on any atom is -0.454 e. The zero-order chi connectivity index (χ0) is 17.6. The fourth-order valence-corrected chi connectivity index (χ4v) is 3.67. The average Bonchev–Trinajstić information content (AvgIpc) is 3.15. The standard InChI is InChI=1S/C20H19N3OS/c1-12-19(13(2)23(3)22-12)18-11-17-20(24-18)16(8-9-21-17)14-6-5-7-15(10-14)25-4/h5-11H,1-4H3. The monoisotopic (exact) mass is 349 g/mol. The van der Waals surface area contributed by atoms with Gasteiger partial charge < -0.3 is 4.42 Å². The van der Waals surface area contributed by atoms with Gasteiger partial charge in [0.25, 0.3) is 0 Å². The van der Waals surface area contributed by atoms with Crippen molar-refractivity contribution >= 4 is 22.9 Å². The largest absolute Gasteiger partial charge is 0.454 e. The molecule has 0 saturated carbocycles. The Morgan fingerprint density at radius 3 is 2.68 bits per heavy atom. The van der Waals surface area contributed by atoms with Crippen molar-refractivity contribution in [2.24, 2.45) is 7.05 Å². The molecule has 0 saturated heterocycles. The van der Waals surface area contributed by atoms with Crippen LogP contribution in [0.5, 0.6) is 0 Å². The summed E-state index contributed by atoms with van der Waals surface area (Å²) in [6.07, 6.45) is 3.92. The van der Waals surface area contributed by atoms with Crippen molar-refractivity contribution in [3.05, 3.63) is 54.0 Å². The van der Waals surface area contributed by atoms with Crippen molar-refractivity contribution < 1.29 is 4.42 Å². The Kier molecular flexibility index (Phi) is 3.88. The minimum absolute atomic E-state index is 0.818. The summed E-state index contributed by atoms with van der Waals surface area (Å²) >= 11 is 1.73. The van der Waals surface area contributed by atoms with Gasteiger partial charge >= 0.3 is 0 Å². The molecule has 0 fully saturated rings. The van der Waals surface area contributed by atoms with Crippen molar-refractivity contribution in [3.8, 4) is 22.5 Å². The summed E-state index contributed by atoms with van der Waals surface area (Å²) in [6.45, 7) is 4.06. The molecule has 4 rings (SSSR count). The minimum atomic E-state index is 0.818. The molecule has 126 valence electrons. The second kappa shape index (κ2) is 6.08. The molecular weight excluding hydrogens is 330 g/mol. The molecular formula is C20H19N3OS. The summed E-state index contributed by atoms with van der Waals surface area (Å²) in [5, 5.41) is 4.49. The molecule has 0 spiro atoms. The van der Waals surface area contributed by atoms with Crippen molar-refractivity contribution in [2.75, 3.05) is 6.26 Å². The lowest BCUT2D eigenvalue weighted by Gasteiger charge is -2.04. The first kappa shape index (κ1) is 16.0. The van der Waals surface area contributed by atoms with Crippen LogP contribution in [0.4, 0.5) is 0 Å². The lowest BCUT2D eigenvalue weighted by molar-refractivity contribution is 0.630. The van der Waals surface area contributed by atoms with Gasteiger partial charge in [-0.25, -0.2) is 0 Å². The summed E-state index contributed by atoms with van der Waals surface area (Å²) in [5.41, 5.74) is 6.98. The van der Waals surface area contributed by atoms with Gasteiger partial charge in [0.15, 0.2) is 5.58 Å². The van der Waals surface area contributed by atoms with Crippen LogP contribution in [-0.2, 0) is 7.05 Å². The Morgan fingerprint density at radius 1 is 1.12 bits per heavy atom. The van der Waals surface area contributed by atoms with Gasteiger partial charge in [-0.2, -0.15) is 5.10 Å². The molecule has 0 bridgehead atoms. The number of aryl methyl sites for hydroxylation is 2. The van der Waals surface area contributed by atoms with E-state index in [0.29, 0.717) is 0 Å². The molecule has 0 radical (unpaired) electrons. The highest BCUT2D eigenvalue weighted by atomic mass is 32.2. The van der Waals surface area contributed by atoms with E-state index in [4.69, 9.17) is 4.42 Å². The SMILES string of the molecule is CSc1cccc(-c2ccnc3cc(-c4c(C)nn(C)c4C)oc23)c1. The maximum Gasteiger partial charge on any atom is 0.161 e. The first-order valence-corrected chi connectivity index (χ1v) is 9.34. The molecule has 0 aliphatic rings. The third kappa shape index (κ3) is 2.65. The Labute approximate surface area is 150 Å². The van der Waals surface area contributed by atoms with Gasteiger partial charge in [0.1, 0.15) is 11.3 Å². The normalized spacial score (nSPS) is 11.4. The van der Waals surface area contributed by atoms with E-state index in [2.05, 4.69) is 47.5 Å². The Bertz CT molecular complexity index is 1080. The van der Waals surface area contributed by atoms with Gasteiger partial charge in [0, 0.05) is 35.5 Å². The molecule has 0 aliphatic heterocycles. The van der Waals surface area contributed by atoms with Crippen LogP contribution < -0.4 is 0 Å². The van der Waals surface area contributed by atoms with E-state index in [0.717, 1.165) is 44.9 Å². The number of benzene rings is 1. The molecule has 1 aromatic carbocycles. The molecule has 3 heterocycles. The number of aromatic nitrogens is 3. The number of hydrogen-bond acceptors (Lipinski definition) is 4. The number of rotatable bonds is 3. The number of thioether (sulfide) groups is 1. The van der Waals surface area contributed by atoms with E-state index < -0.39 is 0 Å². The molecule has 0 amide bonds. The molecule has 4 nitrogen and oxygen atoms in total. The van der Waals surface area contributed by atoms with Crippen molar-refractivity contribution in [3.63, 3.8) is 0 Å². The quantitative estimate of drug-likeness (QED) is 0.475. The maximum absolute atomic E-state index is 6.27. The van der Waals surface area contributed by atoms with Crippen molar-refractivity contribution in [1.29, 1.82) is 0 Å². The van der Waals surface area contributed by atoms with Crippen LogP contribution in [-0.4, -0.2) is 21.0 Å². The fraction of sp³-hybridized carbons (Fsp3) is 0.200. The van der Waals surface area contributed by atoms with Gasteiger partial charge in [0.05, 0.1) is 11.3 Å². The predicted octanol–water partition coefficient (Wildman–Crippen LogP) is 5.23. The van der Waals surface area contributed by atoms with Gasteiger partial charge in [-0.15, -0.1) is 11.8 Å². The smallest absolute Gasteiger partial charge is 0.161 e. The molecule has 3 aromatic heterocycles. The topological polar surface area (TPSA) is 43.9 Å². The summed E-state index contributed by atoms with van der Waals surface area (Å²) < 4.78 is 8.15. The van der Waals surface area contributed by atoms with Crippen LogP contribution in [0.2, 0.25) is 0 Å². The third-order valence-electron chi connectivity index (χ3n) is 4.55. The Morgan fingerprint density at radius 2 is 1.96 bits per heavy atom. The summed E-state index contributed by atoms with van der Waals surface area (Å²) in [6, 6.07) is 12.5. The number of pyridine rings is 1. The summed E-state index contributed by atoms with van der Waals surface area (Å²) in [7, 11) is 1.95. The van der Waals surface area contributed by atoms with Crippen LogP contribution in [0, 0.1) is 13.8 Å². The number of hydrogen-bond donors (Lipinski definition) is 0. The van der Waals surface area contributed by atoms with E-state index in [1.165, 1.54) is 4.90 Å². The van der Waals surface area contributed by atoms with Crippen LogP contribution >= 0.6 is 11.8 Å². The first-order chi connectivity index (χ1) is 12.1. The lowest BCUT2D eigenvalue weighted by atomic mass is 10.1. The second-order valence-corrected chi connectivity index (χ2v) is 6.96. The average molecular weight is 349 g/mol. The van der Waals surface area contributed by atoms with E-state index >= 15 is 0 Å². The lowest BCUT2D eigenvalue weighted by Crippen LogP contribution is -1.92. The van der Waals surface area contributed by atoms with Gasteiger partial charge in [-0.3, -0.25) is 9.67 Å². The Balaban J connectivity index is 1.92. The fourth-order valence-electron chi connectivity index (χ4n) is 3.21. The van der Waals surface area contributed by atoms with E-state index in [9.17, 15) is 0 Å². The zero-order valence-corrected chi connectivity index (χ0v) is 15.5. The molecule has 0 atom stereocenters. The van der Waals surface area contributed by atoms with Gasteiger partial charge in [-0.05, 0) is 43.9 Å². The van der Waals surface area contributed by atoms with Crippen LogP contribution in [0.1, 0.15) is 11.4 Å². The van der Waals surface area contributed by atoms with E-state index in [-0.39, 0.29) is 0 Å². The highest BCUT2D eigenvalue weighted by Gasteiger charge is 2.18. The molecule has 0 aliphatic carbocycles. The maximum atomic E-state index is 6.27. The van der Waals surface area contributed by atoms with Gasteiger partial charge in [-0.1, -0.05) is 12.1 Å². The zero-order valence-electron chi connectivity index (χ0n) is 14.7. The van der Waals surface area contributed by atoms with Crippen LogP contribution in [0.15, 0.2) is 51.9 Å². The van der Waals surface area contributed by atoms with E-state index in [1.54, 1.807) is 11.8 Å². The third-order valence-corrected chi connectivity index (χ3v) is 5.27. The summed E-state index contributed by atoms with van der Waals surface area (Å²) in [5.74, 6) is 0.819. The number of furan rings is 1. The predicted molar refractivity (Wildman–Crippen MR) is 103 cm³/mol. The van der Waals surface area contributed by atoms with Crippen LogP contribution in [0.25, 0.3) is 33.6 Å².